The Hall–Kier alpha value is -2.29. The summed E-state index contributed by atoms with van der Waals surface area (Å²) in [6.07, 6.45) is 1.39. The quantitative estimate of drug-likeness (QED) is 0.495. The molecule has 0 unspecified atom stereocenters. The maximum atomic E-state index is 13.6. The summed E-state index contributed by atoms with van der Waals surface area (Å²) in [5.74, 6) is -0.810. The molecule has 0 bridgehead atoms. The minimum atomic E-state index is -3.83. The van der Waals surface area contributed by atoms with Gasteiger partial charge in [-0.2, -0.15) is 0 Å². The molecular formula is C24H31Cl2N3O4S. The van der Waals surface area contributed by atoms with Gasteiger partial charge in [-0.1, -0.05) is 48.3 Å². The summed E-state index contributed by atoms with van der Waals surface area (Å²) in [6, 6.07) is 10.9. The first kappa shape index (κ1) is 28.0. The van der Waals surface area contributed by atoms with Crippen molar-refractivity contribution in [1.82, 2.24) is 10.2 Å². The van der Waals surface area contributed by atoms with Crippen LogP contribution in [0.3, 0.4) is 0 Å². The fraction of sp³-hybridized carbons (Fsp3) is 0.417. The van der Waals surface area contributed by atoms with E-state index >= 15 is 0 Å². The van der Waals surface area contributed by atoms with E-state index in [0.717, 1.165) is 16.1 Å². The number of aryl methyl sites for hydroxylation is 1. The molecule has 0 heterocycles. The van der Waals surface area contributed by atoms with Crippen LogP contribution >= 0.6 is 23.2 Å². The number of nitrogens with one attached hydrogen (secondary N) is 1. The Bertz CT molecular complexity index is 1120. The molecule has 0 aliphatic rings. The van der Waals surface area contributed by atoms with E-state index in [0.29, 0.717) is 27.7 Å². The van der Waals surface area contributed by atoms with Crippen LogP contribution in [0.1, 0.15) is 38.3 Å². The van der Waals surface area contributed by atoms with Crippen LogP contribution in [0.2, 0.25) is 10.0 Å². The van der Waals surface area contributed by atoms with Crippen molar-refractivity contribution < 1.29 is 18.0 Å². The molecule has 0 aliphatic carbocycles. The third-order valence-corrected chi connectivity index (χ3v) is 6.82. The third-order valence-electron chi connectivity index (χ3n) is 5.20. The molecule has 2 rings (SSSR count). The maximum absolute atomic E-state index is 13.6. The predicted molar refractivity (Wildman–Crippen MR) is 138 cm³/mol. The molecular weight excluding hydrogens is 497 g/mol. The Morgan fingerprint density at radius 3 is 2.15 bits per heavy atom. The van der Waals surface area contributed by atoms with Crippen molar-refractivity contribution in [2.45, 2.75) is 52.7 Å². The summed E-state index contributed by atoms with van der Waals surface area (Å²) < 4.78 is 26.4. The van der Waals surface area contributed by atoms with Crippen molar-refractivity contribution >= 4 is 50.7 Å². The zero-order chi connectivity index (χ0) is 25.6. The molecule has 1 atom stereocenters. The molecule has 34 heavy (non-hydrogen) atoms. The monoisotopic (exact) mass is 527 g/mol. The summed E-state index contributed by atoms with van der Waals surface area (Å²) in [4.78, 5) is 28.0. The Balaban J connectivity index is 2.48. The summed E-state index contributed by atoms with van der Waals surface area (Å²) in [5.41, 5.74) is 1.73. The molecule has 2 amide bonds. The first-order chi connectivity index (χ1) is 15.8. The van der Waals surface area contributed by atoms with Gasteiger partial charge in [0, 0.05) is 22.6 Å². The van der Waals surface area contributed by atoms with E-state index < -0.39 is 28.5 Å². The molecule has 0 saturated carbocycles. The highest BCUT2D eigenvalue weighted by Crippen LogP contribution is 2.27. The van der Waals surface area contributed by atoms with Gasteiger partial charge < -0.3 is 10.2 Å². The fourth-order valence-corrected chi connectivity index (χ4v) is 4.72. The summed E-state index contributed by atoms with van der Waals surface area (Å²) in [5, 5.41) is 3.75. The molecule has 0 aromatic heterocycles. The summed E-state index contributed by atoms with van der Waals surface area (Å²) in [6.45, 7) is 6.87. The van der Waals surface area contributed by atoms with Crippen molar-refractivity contribution in [1.29, 1.82) is 0 Å². The maximum Gasteiger partial charge on any atom is 0.244 e. The first-order valence-electron chi connectivity index (χ1n) is 10.9. The standard InChI is InChI=1S/C24H31Cl2N3O4S/c1-6-21(24(31)27-16(2)3)28(14-18-8-11-19(25)12-9-18)23(30)15-29(34(5,32)33)22-13-20(26)10-7-17(22)4/h7-13,16,21H,6,14-15H2,1-5H3,(H,27,31)/t21-/m1/s1. The number of halogens is 2. The van der Waals surface area contributed by atoms with Crippen LogP contribution in [-0.2, 0) is 26.2 Å². The Kier molecular flexibility index (Phi) is 9.79. The van der Waals surface area contributed by atoms with E-state index in [9.17, 15) is 18.0 Å². The highest BCUT2D eigenvalue weighted by molar-refractivity contribution is 7.92. The van der Waals surface area contributed by atoms with Crippen LogP contribution in [0.15, 0.2) is 42.5 Å². The van der Waals surface area contributed by atoms with Gasteiger partial charge in [0.25, 0.3) is 0 Å². The number of sulfonamides is 1. The van der Waals surface area contributed by atoms with E-state index in [2.05, 4.69) is 5.32 Å². The SMILES string of the molecule is CC[C@H](C(=O)NC(C)C)N(Cc1ccc(Cl)cc1)C(=O)CN(c1cc(Cl)ccc1C)S(C)(=O)=O. The lowest BCUT2D eigenvalue weighted by Crippen LogP contribution is -2.53. The van der Waals surface area contributed by atoms with Crippen molar-refractivity contribution in [3.8, 4) is 0 Å². The Labute approximate surface area is 212 Å². The normalized spacial score (nSPS) is 12.4. The van der Waals surface area contributed by atoms with Crippen LogP contribution in [-0.4, -0.2) is 50.0 Å². The van der Waals surface area contributed by atoms with Gasteiger partial charge in [-0.05, 0) is 62.6 Å². The number of benzene rings is 2. The van der Waals surface area contributed by atoms with Crippen molar-refractivity contribution in [3.63, 3.8) is 0 Å². The van der Waals surface area contributed by atoms with Crippen LogP contribution in [0.25, 0.3) is 0 Å². The number of anilines is 1. The number of hydrogen-bond acceptors (Lipinski definition) is 4. The van der Waals surface area contributed by atoms with Crippen molar-refractivity contribution in [3.05, 3.63) is 63.6 Å². The van der Waals surface area contributed by atoms with Gasteiger partial charge in [-0.15, -0.1) is 0 Å². The second kappa shape index (κ2) is 11.9. The predicted octanol–water partition coefficient (Wildman–Crippen LogP) is 4.40. The fourth-order valence-electron chi connectivity index (χ4n) is 3.53. The molecule has 1 N–H and O–H groups in total. The van der Waals surface area contributed by atoms with E-state index in [4.69, 9.17) is 23.2 Å². The molecule has 0 aliphatic heterocycles. The van der Waals surface area contributed by atoms with Gasteiger partial charge in [0.05, 0.1) is 11.9 Å². The van der Waals surface area contributed by atoms with Gasteiger partial charge in [-0.3, -0.25) is 13.9 Å². The zero-order valence-electron chi connectivity index (χ0n) is 20.0. The van der Waals surface area contributed by atoms with Gasteiger partial charge in [0.1, 0.15) is 12.6 Å². The molecule has 186 valence electrons. The lowest BCUT2D eigenvalue weighted by Gasteiger charge is -2.33. The Morgan fingerprint density at radius 2 is 1.62 bits per heavy atom. The molecule has 0 fully saturated rings. The smallest absolute Gasteiger partial charge is 0.244 e. The van der Waals surface area contributed by atoms with E-state index in [1.54, 1.807) is 43.3 Å². The number of nitrogens with zero attached hydrogens (tertiary/aromatic N) is 2. The zero-order valence-corrected chi connectivity index (χ0v) is 22.3. The van der Waals surface area contributed by atoms with Gasteiger partial charge >= 0.3 is 0 Å². The van der Waals surface area contributed by atoms with Crippen LogP contribution in [0.4, 0.5) is 5.69 Å². The highest BCUT2D eigenvalue weighted by Gasteiger charge is 2.32. The largest absolute Gasteiger partial charge is 0.352 e. The highest BCUT2D eigenvalue weighted by atomic mass is 35.5. The molecule has 0 radical (unpaired) electrons. The second-order valence-corrected chi connectivity index (χ2v) is 11.2. The number of rotatable bonds is 10. The Morgan fingerprint density at radius 1 is 1.03 bits per heavy atom. The van der Waals surface area contributed by atoms with Crippen LogP contribution in [0, 0.1) is 6.92 Å². The number of carbonyl (C=O) groups is 2. The summed E-state index contributed by atoms with van der Waals surface area (Å²) >= 11 is 12.1. The number of carbonyl (C=O) groups excluding carboxylic acids is 2. The molecule has 0 saturated heterocycles. The summed E-state index contributed by atoms with van der Waals surface area (Å²) in [7, 11) is -3.83. The van der Waals surface area contributed by atoms with Gasteiger partial charge in [0.15, 0.2) is 0 Å². The van der Waals surface area contributed by atoms with E-state index in [-0.39, 0.29) is 18.5 Å². The van der Waals surface area contributed by atoms with Crippen molar-refractivity contribution in [2.75, 3.05) is 17.1 Å². The molecule has 2 aromatic rings. The minimum Gasteiger partial charge on any atom is -0.352 e. The van der Waals surface area contributed by atoms with E-state index in [1.807, 2.05) is 20.8 Å². The van der Waals surface area contributed by atoms with Crippen molar-refractivity contribution in [2.24, 2.45) is 0 Å². The van der Waals surface area contributed by atoms with E-state index in [1.165, 1.54) is 11.0 Å². The lowest BCUT2D eigenvalue weighted by molar-refractivity contribution is -0.140. The topological polar surface area (TPSA) is 86.8 Å². The second-order valence-electron chi connectivity index (χ2n) is 8.44. The number of amides is 2. The van der Waals surface area contributed by atoms with Crippen LogP contribution < -0.4 is 9.62 Å². The molecule has 10 heteroatoms. The molecule has 0 spiro atoms. The average molecular weight is 529 g/mol. The average Bonchev–Trinajstić information content (AvgIpc) is 2.73. The lowest BCUT2D eigenvalue weighted by atomic mass is 10.1. The van der Waals surface area contributed by atoms with Crippen LogP contribution in [0.5, 0.6) is 0 Å². The minimum absolute atomic E-state index is 0.115. The van der Waals surface area contributed by atoms with Gasteiger partial charge in [0.2, 0.25) is 21.8 Å². The third kappa shape index (κ3) is 7.61. The first-order valence-corrected chi connectivity index (χ1v) is 13.5. The van der Waals surface area contributed by atoms with Gasteiger partial charge in [-0.25, -0.2) is 8.42 Å². The number of hydrogen-bond donors (Lipinski definition) is 1. The molecule has 2 aromatic carbocycles. The molecule has 7 nitrogen and oxygen atoms in total.